The minimum absolute atomic E-state index is 0.397. The summed E-state index contributed by atoms with van der Waals surface area (Å²) in [5.41, 5.74) is 1.28. The summed E-state index contributed by atoms with van der Waals surface area (Å²) < 4.78 is 4.60. The van der Waals surface area contributed by atoms with Crippen LogP contribution in [0.5, 0.6) is 0 Å². The van der Waals surface area contributed by atoms with Crippen molar-refractivity contribution in [3.05, 3.63) is 47.0 Å². The molecule has 0 aliphatic heterocycles. The molecule has 0 saturated heterocycles. The number of rotatable bonds is 3. The average molecular weight is 211 g/mol. The number of hydrogen-bond acceptors (Lipinski definition) is 2. The quantitative estimate of drug-likeness (QED) is 0.567. The SMILES string of the molecule is C=CCc1cccc(C(=O)OC)c1Cl. The van der Waals surface area contributed by atoms with Crippen molar-refractivity contribution < 1.29 is 9.53 Å². The van der Waals surface area contributed by atoms with E-state index in [2.05, 4.69) is 11.3 Å². The maximum Gasteiger partial charge on any atom is 0.339 e. The molecule has 1 aromatic carbocycles. The van der Waals surface area contributed by atoms with Crippen LogP contribution < -0.4 is 0 Å². The van der Waals surface area contributed by atoms with E-state index in [1.807, 2.05) is 6.07 Å². The van der Waals surface area contributed by atoms with E-state index >= 15 is 0 Å². The van der Waals surface area contributed by atoms with Gasteiger partial charge in [-0.05, 0) is 18.1 Å². The number of carbonyl (C=O) groups is 1. The first-order chi connectivity index (χ1) is 6.70. The van der Waals surface area contributed by atoms with Crippen LogP contribution in [0.15, 0.2) is 30.9 Å². The summed E-state index contributed by atoms with van der Waals surface area (Å²) in [5, 5.41) is 0.444. The molecule has 0 unspecified atom stereocenters. The molecular formula is C11H11ClO2. The molecule has 1 rings (SSSR count). The number of hydrogen-bond donors (Lipinski definition) is 0. The lowest BCUT2D eigenvalue weighted by molar-refractivity contribution is 0.0601. The normalized spacial score (nSPS) is 9.57. The average Bonchev–Trinajstić information content (AvgIpc) is 2.20. The van der Waals surface area contributed by atoms with E-state index < -0.39 is 5.97 Å². The van der Waals surface area contributed by atoms with E-state index in [1.54, 1.807) is 18.2 Å². The Morgan fingerprint density at radius 1 is 1.64 bits per heavy atom. The predicted molar refractivity (Wildman–Crippen MR) is 56.7 cm³/mol. The molecule has 0 spiro atoms. The predicted octanol–water partition coefficient (Wildman–Crippen LogP) is 2.86. The van der Waals surface area contributed by atoms with Crippen LogP contribution in [0.3, 0.4) is 0 Å². The van der Waals surface area contributed by atoms with Crippen molar-refractivity contribution in [1.29, 1.82) is 0 Å². The van der Waals surface area contributed by atoms with Crippen LogP contribution in [0.25, 0.3) is 0 Å². The highest BCUT2D eigenvalue weighted by Crippen LogP contribution is 2.22. The zero-order valence-corrected chi connectivity index (χ0v) is 8.67. The highest BCUT2D eigenvalue weighted by molar-refractivity contribution is 6.34. The second kappa shape index (κ2) is 4.82. The van der Waals surface area contributed by atoms with Gasteiger partial charge < -0.3 is 4.74 Å². The standard InChI is InChI=1S/C11H11ClO2/c1-3-5-8-6-4-7-9(10(8)12)11(13)14-2/h3-4,6-7H,1,5H2,2H3. The Morgan fingerprint density at radius 3 is 2.93 bits per heavy atom. The first kappa shape index (κ1) is 10.8. The Labute approximate surface area is 88.1 Å². The molecule has 1 aromatic rings. The van der Waals surface area contributed by atoms with Gasteiger partial charge in [0.15, 0.2) is 0 Å². The van der Waals surface area contributed by atoms with Crippen molar-refractivity contribution in [1.82, 2.24) is 0 Å². The van der Waals surface area contributed by atoms with E-state index in [4.69, 9.17) is 11.6 Å². The Bertz CT molecular complexity index is 358. The molecule has 74 valence electrons. The maximum absolute atomic E-state index is 11.3. The Morgan fingerprint density at radius 2 is 2.36 bits per heavy atom. The van der Waals surface area contributed by atoms with Crippen LogP contribution in [0, 0.1) is 0 Å². The van der Waals surface area contributed by atoms with Gasteiger partial charge in [0.1, 0.15) is 0 Å². The van der Waals surface area contributed by atoms with Gasteiger partial charge in [-0.25, -0.2) is 4.79 Å². The minimum atomic E-state index is -0.416. The first-order valence-electron chi connectivity index (χ1n) is 4.17. The van der Waals surface area contributed by atoms with Crippen molar-refractivity contribution in [3.8, 4) is 0 Å². The van der Waals surface area contributed by atoms with Crippen molar-refractivity contribution in [3.63, 3.8) is 0 Å². The van der Waals surface area contributed by atoms with Gasteiger partial charge in [-0.2, -0.15) is 0 Å². The smallest absolute Gasteiger partial charge is 0.339 e. The van der Waals surface area contributed by atoms with Crippen LogP contribution in [0.1, 0.15) is 15.9 Å². The van der Waals surface area contributed by atoms with Crippen molar-refractivity contribution in [2.24, 2.45) is 0 Å². The van der Waals surface area contributed by atoms with Crippen LogP contribution in [-0.4, -0.2) is 13.1 Å². The van der Waals surface area contributed by atoms with E-state index in [0.29, 0.717) is 17.0 Å². The summed E-state index contributed by atoms with van der Waals surface area (Å²) in [6.07, 6.45) is 2.38. The largest absolute Gasteiger partial charge is 0.465 e. The molecule has 0 saturated carbocycles. The molecule has 0 bridgehead atoms. The van der Waals surface area contributed by atoms with Gasteiger partial charge in [-0.3, -0.25) is 0 Å². The summed E-state index contributed by atoms with van der Waals surface area (Å²) in [6, 6.07) is 5.27. The van der Waals surface area contributed by atoms with Gasteiger partial charge in [-0.1, -0.05) is 29.8 Å². The van der Waals surface area contributed by atoms with E-state index in [1.165, 1.54) is 7.11 Å². The van der Waals surface area contributed by atoms with Crippen LogP contribution in [-0.2, 0) is 11.2 Å². The molecule has 0 radical (unpaired) electrons. The van der Waals surface area contributed by atoms with E-state index in [-0.39, 0.29) is 0 Å². The second-order valence-electron chi connectivity index (χ2n) is 2.76. The topological polar surface area (TPSA) is 26.3 Å². The Kier molecular flexibility index (Phi) is 3.72. The molecule has 0 amide bonds. The number of carbonyl (C=O) groups excluding carboxylic acids is 1. The van der Waals surface area contributed by atoms with E-state index in [9.17, 15) is 4.79 Å². The molecule has 0 fully saturated rings. The van der Waals surface area contributed by atoms with Crippen LogP contribution in [0.4, 0.5) is 0 Å². The summed E-state index contributed by atoms with van der Waals surface area (Å²) >= 11 is 6.01. The number of halogens is 1. The first-order valence-corrected chi connectivity index (χ1v) is 4.55. The van der Waals surface area contributed by atoms with Gasteiger partial charge in [0.2, 0.25) is 0 Å². The summed E-state index contributed by atoms with van der Waals surface area (Å²) in [6.45, 7) is 3.62. The van der Waals surface area contributed by atoms with E-state index in [0.717, 1.165) is 5.56 Å². The molecule has 0 atom stereocenters. The monoisotopic (exact) mass is 210 g/mol. The van der Waals surface area contributed by atoms with Crippen LogP contribution in [0.2, 0.25) is 5.02 Å². The zero-order valence-electron chi connectivity index (χ0n) is 7.92. The van der Waals surface area contributed by atoms with Gasteiger partial charge in [0, 0.05) is 0 Å². The fourth-order valence-electron chi connectivity index (χ4n) is 1.16. The lowest BCUT2D eigenvalue weighted by Crippen LogP contribution is -2.03. The molecule has 0 N–H and O–H groups in total. The number of esters is 1. The van der Waals surface area contributed by atoms with Gasteiger partial charge in [-0.15, -0.1) is 6.58 Å². The lowest BCUT2D eigenvalue weighted by Gasteiger charge is -2.05. The lowest BCUT2D eigenvalue weighted by atomic mass is 10.1. The number of methoxy groups -OCH3 is 1. The van der Waals surface area contributed by atoms with Crippen molar-refractivity contribution >= 4 is 17.6 Å². The van der Waals surface area contributed by atoms with Gasteiger partial charge in [0.05, 0.1) is 17.7 Å². The zero-order chi connectivity index (χ0) is 10.6. The second-order valence-corrected chi connectivity index (χ2v) is 3.14. The summed E-state index contributed by atoms with van der Waals surface area (Å²) in [7, 11) is 1.33. The van der Waals surface area contributed by atoms with Gasteiger partial charge in [0.25, 0.3) is 0 Å². The molecule has 3 heteroatoms. The molecule has 2 nitrogen and oxygen atoms in total. The maximum atomic E-state index is 11.3. The van der Waals surface area contributed by atoms with Gasteiger partial charge >= 0.3 is 5.97 Å². The Balaban J connectivity index is 3.13. The minimum Gasteiger partial charge on any atom is -0.465 e. The molecule has 0 heterocycles. The Hall–Kier alpha value is -1.28. The third-order valence-corrected chi connectivity index (χ3v) is 2.29. The van der Waals surface area contributed by atoms with Crippen molar-refractivity contribution in [2.45, 2.75) is 6.42 Å². The molecule has 0 aliphatic carbocycles. The third kappa shape index (κ3) is 2.15. The number of allylic oxidation sites excluding steroid dienone is 1. The fraction of sp³-hybridized carbons (Fsp3) is 0.182. The van der Waals surface area contributed by atoms with Crippen LogP contribution >= 0.6 is 11.6 Å². The molecular weight excluding hydrogens is 200 g/mol. The number of benzene rings is 1. The highest BCUT2D eigenvalue weighted by atomic mass is 35.5. The molecule has 14 heavy (non-hydrogen) atoms. The summed E-state index contributed by atoms with van der Waals surface area (Å²) in [4.78, 5) is 11.3. The number of ether oxygens (including phenoxy) is 1. The third-order valence-electron chi connectivity index (χ3n) is 1.85. The fourth-order valence-corrected chi connectivity index (χ4v) is 1.44. The molecule has 0 aliphatic rings. The van der Waals surface area contributed by atoms with Crippen molar-refractivity contribution in [2.75, 3.05) is 7.11 Å². The molecule has 0 aromatic heterocycles. The summed E-state index contributed by atoms with van der Waals surface area (Å²) in [5.74, 6) is -0.416. The highest BCUT2D eigenvalue weighted by Gasteiger charge is 2.12.